The third kappa shape index (κ3) is 3.94. The van der Waals surface area contributed by atoms with Crippen LogP contribution in [0, 0.1) is 0 Å². The minimum atomic E-state index is -0.00375. The molecule has 0 unspecified atom stereocenters. The molecular formula is C15H23N3O. The molecule has 1 aliphatic rings. The zero-order valence-electron chi connectivity index (χ0n) is 11.6. The second-order valence-corrected chi connectivity index (χ2v) is 5.09. The van der Waals surface area contributed by atoms with Crippen LogP contribution in [0.25, 0.3) is 0 Å². The molecule has 0 aliphatic heterocycles. The van der Waals surface area contributed by atoms with Crippen molar-refractivity contribution in [2.24, 2.45) is 0 Å². The molecule has 19 heavy (non-hydrogen) atoms. The van der Waals surface area contributed by atoms with Gasteiger partial charge >= 0.3 is 0 Å². The van der Waals surface area contributed by atoms with E-state index >= 15 is 0 Å². The number of nitrogens with one attached hydrogen (secondary N) is 2. The fourth-order valence-electron chi connectivity index (χ4n) is 2.58. The Morgan fingerprint density at radius 2 is 2.05 bits per heavy atom. The summed E-state index contributed by atoms with van der Waals surface area (Å²) in [6.07, 6.45) is 8.94. The zero-order chi connectivity index (χ0) is 13.5. The molecule has 1 heterocycles. The standard InChI is InChI=1S/C15H23N3O/c1-2-16-14-13(10-7-11-17-14)15(19)18-12-8-5-3-4-6-9-12/h7,10-12H,2-6,8-9H2,1H3,(H,16,17)(H,18,19). The van der Waals surface area contributed by atoms with Crippen LogP contribution in [0.1, 0.15) is 55.8 Å². The van der Waals surface area contributed by atoms with Gasteiger partial charge in [0.15, 0.2) is 0 Å². The lowest BCUT2D eigenvalue weighted by molar-refractivity contribution is 0.0934. The van der Waals surface area contributed by atoms with Crippen molar-refractivity contribution in [2.75, 3.05) is 11.9 Å². The molecule has 1 fully saturated rings. The predicted molar refractivity (Wildman–Crippen MR) is 77.4 cm³/mol. The van der Waals surface area contributed by atoms with Crippen LogP contribution in [0.2, 0.25) is 0 Å². The van der Waals surface area contributed by atoms with Crippen molar-refractivity contribution in [1.29, 1.82) is 0 Å². The van der Waals surface area contributed by atoms with Gasteiger partial charge in [0.1, 0.15) is 5.82 Å². The van der Waals surface area contributed by atoms with Crippen LogP contribution in [-0.2, 0) is 0 Å². The van der Waals surface area contributed by atoms with Crippen molar-refractivity contribution < 1.29 is 4.79 Å². The van der Waals surface area contributed by atoms with Crippen molar-refractivity contribution >= 4 is 11.7 Å². The lowest BCUT2D eigenvalue weighted by Crippen LogP contribution is -2.34. The summed E-state index contributed by atoms with van der Waals surface area (Å²) >= 11 is 0. The first-order chi connectivity index (χ1) is 9.31. The highest BCUT2D eigenvalue weighted by Gasteiger charge is 2.17. The fraction of sp³-hybridized carbons (Fsp3) is 0.600. The smallest absolute Gasteiger partial charge is 0.255 e. The van der Waals surface area contributed by atoms with E-state index in [-0.39, 0.29) is 5.91 Å². The summed E-state index contributed by atoms with van der Waals surface area (Å²) in [7, 11) is 0. The van der Waals surface area contributed by atoms with Gasteiger partial charge in [-0.2, -0.15) is 0 Å². The minimum absolute atomic E-state index is 0.00375. The Kier molecular flexibility index (Phi) is 5.19. The third-order valence-corrected chi connectivity index (χ3v) is 3.59. The van der Waals surface area contributed by atoms with Crippen LogP contribution in [0.15, 0.2) is 18.3 Å². The first-order valence-electron chi connectivity index (χ1n) is 7.31. The molecule has 0 spiro atoms. The Morgan fingerprint density at radius 3 is 2.74 bits per heavy atom. The van der Waals surface area contributed by atoms with Gasteiger partial charge in [0.25, 0.3) is 5.91 Å². The van der Waals surface area contributed by atoms with Crippen LogP contribution < -0.4 is 10.6 Å². The number of carbonyl (C=O) groups excluding carboxylic acids is 1. The predicted octanol–water partition coefficient (Wildman–Crippen LogP) is 2.97. The van der Waals surface area contributed by atoms with Gasteiger partial charge in [-0.1, -0.05) is 25.7 Å². The Hall–Kier alpha value is -1.58. The van der Waals surface area contributed by atoms with Gasteiger partial charge in [0.2, 0.25) is 0 Å². The fourth-order valence-corrected chi connectivity index (χ4v) is 2.58. The minimum Gasteiger partial charge on any atom is -0.370 e. The van der Waals surface area contributed by atoms with E-state index in [0.717, 1.165) is 19.4 Å². The van der Waals surface area contributed by atoms with Crippen molar-refractivity contribution in [3.8, 4) is 0 Å². The maximum atomic E-state index is 12.3. The zero-order valence-corrected chi connectivity index (χ0v) is 11.6. The van der Waals surface area contributed by atoms with Crippen LogP contribution in [0.4, 0.5) is 5.82 Å². The molecule has 0 saturated heterocycles. The molecule has 1 saturated carbocycles. The Bertz CT molecular complexity index is 412. The van der Waals surface area contributed by atoms with Gasteiger partial charge in [-0.05, 0) is 31.9 Å². The first-order valence-corrected chi connectivity index (χ1v) is 7.31. The summed E-state index contributed by atoms with van der Waals surface area (Å²) in [6, 6.07) is 3.96. The highest BCUT2D eigenvalue weighted by Crippen LogP contribution is 2.18. The topological polar surface area (TPSA) is 54.0 Å². The Morgan fingerprint density at radius 1 is 1.32 bits per heavy atom. The quantitative estimate of drug-likeness (QED) is 0.819. The third-order valence-electron chi connectivity index (χ3n) is 3.59. The van der Waals surface area contributed by atoms with Gasteiger partial charge in [0.05, 0.1) is 5.56 Å². The number of amides is 1. The van der Waals surface area contributed by atoms with E-state index < -0.39 is 0 Å². The molecule has 0 atom stereocenters. The first kappa shape index (κ1) is 13.8. The van der Waals surface area contributed by atoms with E-state index in [1.165, 1.54) is 25.7 Å². The summed E-state index contributed by atoms with van der Waals surface area (Å²) < 4.78 is 0. The lowest BCUT2D eigenvalue weighted by Gasteiger charge is -2.17. The second kappa shape index (κ2) is 7.12. The molecule has 4 nitrogen and oxygen atoms in total. The number of carbonyl (C=O) groups is 1. The number of hydrogen-bond acceptors (Lipinski definition) is 3. The molecule has 2 N–H and O–H groups in total. The Labute approximate surface area is 115 Å². The number of nitrogens with zero attached hydrogens (tertiary/aromatic N) is 1. The van der Waals surface area contributed by atoms with Crippen molar-refractivity contribution in [2.45, 2.75) is 51.5 Å². The van der Waals surface area contributed by atoms with Gasteiger partial charge in [-0.15, -0.1) is 0 Å². The molecule has 0 bridgehead atoms. The number of hydrogen-bond donors (Lipinski definition) is 2. The average molecular weight is 261 g/mol. The highest BCUT2D eigenvalue weighted by atomic mass is 16.1. The summed E-state index contributed by atoms with van der Waals surface area (Å²) in [5.74, 6) is 0.673. The maximum absolute atomic E-state index is 12.3. The molecule has 0 radical (unpaired) electrons. The van der Waals surface area contributed by atoms with Crippen LogP contribution in [-0.4, -0.2) is 23.5 Å². The number of aromatic nitrogens is 1. The summed E-state index contributed by atoms with van der Waals surface area (Å²) in [6.45, 7) is 2.77. The molecule has 1 aromatic rings. The monoisotopic (exact) mass is 261 g/mol. The SMILES string of the molecule is CCNc1ncccc1C(=O)NC1CCCCCC1. The lowest BCUT2D eigenvalue weighted by atomic mass is 10.1. The van der Waals surface area contributed by atoms with Gasteiger partial charge in [0, 0.05) is 18.8 Å². The van der Waals surface area contributed by atoms with E-state index in [4.69, 9.17) is 0 Å². The van der Waals surface area contributed by atoms with Crippen molar-refractivity contribution in [3.05, 3.63) is 23.9 Å². The molecule has 2 rings (SSSR count). The number of pyridine rings is 1. The normalized spacial score (nSPS) is 16.7. The molecule has 0 aromatic carbocycles. The molecule has 1 aromatic heterocycles. The van der Waals surface area contributed by atoms with Gasteiger partial charge in [-0.25, -0.2) is 4.98 Å². The van der Waals surface area contributed by atoms with E-state index in [1.807, 2.05) is 19.1 Å². The van der Waals surface area contributed by atoms with E-state index in [1.54, 1.807) is 6.20 Å². The molecular weight excluding hydrogens is 238 g/mol. The molecule has 1 amide bonds. The maximum Gasteiger partial charge on any atom is 0.255 e. The van der Waals surface area contributed by atoms with E-state index in [2.05, 4.69) is 15.6 Å². The largest absolute Gasteiger partial charge is 0.370 e. The Balaban J connectivity index is 2.02. The average Bonchev–Trinajstić information content (AvgIpc) is 2.68. The van der Waals surface area contributed by atoms with Crippen LogP contribution in [0.5, 0.6) is 0 Å². The summed E-state index contributed by atoms with van der Waals surface area (Å²) in [5, 5.41) is 6.29. The number of anilines is 1. The van der Waals surface area contributed by atoms with Crippen LogP contribution >= 0.6 is 0 Å². The summed E-state index contributed by atoms with van der Waals surface area (Å²) in [4.78, 5) is 16.6. The molecule has 1 aliphatic carbocycles. The number of rotatable bonds is 4. The second-order valence-electron chi connectivity index (χ2n) is 5.09. The highest BCUT2D eigenvalue weighted by molar-refractivity contribution is 5.98. The van der Waals surface area contributed by atoms with Gasteiger partial charge < -0.3 is 10.6 Å². The van der Waals surface area contributed by atoms with E-state index in [0.29, 0.717) is 17.4 Å². The van der Waals surface area contributed by atoms with Gasteiger partial charge in [-0.3, -0.25) is 4.79 Å². The van der Waals surface area contributed by atoms with Crippen molar-refractivity contribution in [1.82, 2.24) is 10.3 Å². The van der Waals surface area contributed by atoms with Crippen LogP contribution in [0.3, 0.4) is 0 Å². The molecule has 4 heteroatoms. The molecule has 104 valence electrons. The van der Waals surface area contributed by atoms with Crippen molar-refractivity contribution in [3.63, 3.8) is 0 Å². The van der Waals surface area contributed by atoms with E-state index in [9.17, 15) is 4.79 Å². The summed E-state index contributed by atoms with van der Waals surface area (Å²) in [5.41, 5.74) is 0.647.